The third-order valence-corrected chi connectivity index (χ3v) is 4.66. The summed E-state index contributed by atoms with van der Waals surface area (Å²) in [5.74, 6) is 1.02. The van der Waals surface area contributed by atoms with Gasteiger partial charge >= 0.3 is 0 Å². The first-order valence-electron chi connectivity index (χ1n) is 8.12. The lowest BCUT2D eigenvalue weighted by atomic mass is 10.1. The van der Waals surface area contributed by atoms with E-state index < -0.39 is 0 Å². The van der Waals surface area contributed by atoms with Gasteiger partial charge in [0, 0.05) is 17.5 Å². The van der Waals surface area contributed by atoms with Crippen LogP contribution in [-0.4, -0.2) is 21.9 Å². The molecule has 0 unspecified atom stereocenters. The predicted molar refractivity (Wildman–Crippen MR) is 102 cm³/mol. The number of methoxy groups -OCH3 is 1. The normalized spacial score (nSPS) is 11.3. The van der Waals surface area contributed by atoms with Crippen molar-refractivity contribution in [2.24, 2.45) is 0 Å². The number of nitrogens with one attached hydrogen (secondary N) is 2. The highest BCUT2D eigenvalue weighted by atomic mass is 16.5. The van der Waals surface area contributed by atoms with E-state index in [4.69, 9.17) is 10.5 Å². The summed E-state index contributed by atoms with van der Waals surface area (Å²) in [5, 5.41) is 4.29. The predicted octanol–water partition coefficient (Wildman–Crippen LogP) is 2.37. The van der Waals surface area contributed by atoms with Crippen LogP contribution in [0.25, 0.3) is 27.5 Å². The topological polar surface area (TPSA) is 106 Å². The molecule has 0 atom stereocenters. The van der Waals surface area contributed by atoms with Crippen LogP contribution < -0.4 is 21.5 Å². The highest BCUT2D eigenvalue weighted by molar-refractivity contribution is 6.06. The molecule has 0 fully saturated rings. The second-order valence-corrected chi connectivity index (χ2v) is 6.35. The smallest absolute Gasteiger partial charge is 0.261 e. The Morgan fingerprint density at radius 1 is 1.08 bits per heavy atom. The Labute approximate surface area is 148 Å². The molecule has 0 spiro atoms. The molecule has 132 valence electrons. The number of nitrogens with two attached hydrogens (primary N) is 1. The Balaban J connectivity index is 2.12. The molecule has 0 aliphatic carbocycles. The molecule has 0 aliphatic heterocycles. The van der Waals surface area contributed by atoms with E-state index in [9.17, 15) is 9.59 Å². The first kappa shape index (κ1) is 16.0. The molecule has 26 heavy (non-hydrogen) atoms. The highest BCUT2D eigenvalue weighted by Gasteiger charge is 2.17. The van der Waals surface area contributed by atoms with Crippen molar-refractivity contribution in [1.29, 1.82) is 0 Å². The number of aromatic amines is 2. The number of nitrogen functional groups attached to an aromatic ring is 1. The molecule has 2 aromatic heterocycles. The van der Waals surface area contributed by atoms with Crippen LogP contribution in [0.4, 0.5) is 5.82 Å². The maximum Gasteiger partial charge on any atom is 0.261 e. The van der Waals surface area contributed by atoms with Gasteiger partial charge in [0.05, 0.1) is 23.8 Å². The average Bonchev–Trinajstić information content (AvgIpc) is 2.93. The Morgan fingerprint density at radius 2 is 1.85 bits per heavy atom. The van der Waals surface area contributed by atoms with Crippen molar-refractivity contribution in [1.82, 2.24) is 14.8 Å². The number of hydrogen-bond donors (Lipinski definition) is 3. The lowest BCUT2D eigenvalue weighted by molar-refractivity contribution is 0.411. The molecule has 4 rings (SSSR count). The molecule has 4 aromatic rings. The minimum absolute atomic E-state index is 0.168. The van der Waals surface area contributed by atoms with Gasteiger partial charge in [0.25, 0.3) is 5.56 Å². The minimum Gasteiger partial charge on any atom is -0.496 e. The molecule has 2 heterocycles. The Bertz CT molecular complexity index is 1290. The molecular formula is C19H18N4O3. The molecular weight excluding hydrogens is 332 g/mol. The molecule has 0 saturated heterocycles. The molecule has 4 N–H and O–H groups in total. The number of rotatable bonds is 2. The SMILES string of the molecule is COc1cc(-n2[nH]c3c(c2N)c(=O)[nH]c2cc(=O)ccc23)c(C)cc1C. The number of fused-ring (bicyclic) bond motifs is 3. The van der Waals surface area contributed by atoms with Crippen LogP contribution in [-0.2, 0) is 0 Å². The van der Waals surface area contributed by atoms with Crippen LogP contribution in [0.15, 0.2) is 39.9 Å². The van der Waals surface area contributed by atoms with Crippen LogP contribution in [0.5, 0.6) is 5.75 Å². The van der Waals surface area contributed by atoms with Gasteiger partial charge in [0.15, 0.2) is 5.43 Å². The van der Waals surface area contributed by atoms with Gasteiger partial charge in [0.1, 0.15) is 17.0 Å². The number of nitrogens with zero attached hydrogens (tertiary/aromatic N) is 1. The van der Waals surface area contributed by atoms with Gasteiger partial charge in [-0.1, -0.05) is 6.07 Å². The summed E-state index contributed by atoms with van der Waals surface area (Å²) < 4.78 is 7.08. The van der Waals surface area contributed by atoms with Gasteiger partial charge in [-0.3, -0.25) is 14.7 Å². The Morgan fingerprint density at radius 3 is 2.58 bits per heavy atom. The maximum absolute atomic E-state index is 12.5. The van der Waals surface area contributed by atoms with Crippen LogP contribution in [0.1, 0.15) is 11.1 Å². The zero-order valence-corrected chi connectivity index (χ0v) is 14.6. The summed E-state index contributed by atoms with van der Waals surface area (Å²) in [6.45, 7) is 3.93. The molecule has 0 bridgehead atoms. The van der Waals surface area contributed by atoms with Gasteiger partial charge in [-0.2, -0.15) is 0 Å². The number of benzene rings is 2. The third kappa shape index (κ3) is 2.21. The third-order valence-electron chi connectivity index (χ3n) is 4.66. The van der Waals surface area contributed by atoms with E-state index in [2.05, 4.69) is 10.1 Å². The van der Waals surface area contributed by atoms with Crippen LogP contribution in [0.2, 0.25) is 0 Å². The summed E-state index contributed by atoms with van der Waals surface area (Å²) in [7, 11) is 1.61. The monoisotopic (exact) mass is 350 g/mol. The first-order chi connectivity index (χ1) is 12.4. The van der Waals surface area contributed by atoms with Gasteiger partial charge in [-0.15, -0.1) is 0 Å². The number of hydrogen-bond acceptors (Lipinski definition) is 4. The van der Waals surface area contributed by atoms with Crippen molar-refractivity contribution in [2.75, 3.05) is 12.8 Å². The van der Waals surface area contributed by atoms with Crippen LogP contribution in [0, 0.1) is 13.8 Å². The van der Waals surface area contributed by atoms with Crippen molar-refractivity contribution in [2.45, 2.75) is 13.8 Å². The highest BCUT2D eigenvalue weighted by Crippen LogP contribution is 2.30. The van der Waals surface area contributed by atoms with Gasteiger partial charge in [-0.05, 0) is 37.1 Å². The number of ether oxygens (including phenoxy) is 1. The number of aromatic nitrogens is 3. The van der Waals surface area contributed by atoms with Crippen LogP contribution >= 0.6 is 0 Å². The fourth-order valence-corrected chi connectivity index (χ4v) is 3.39. The van der Waals surface area contributed by atoms with E-state index in [0.717, 1.165) is 28.0 Å². The van der Waals surface area contributed by atoms with Crippen LogP contribution in [0.3, 0.4) is 0 Å². The van der Waals surface area contributed by atoms with Crippen molar-refractivity contribution in [3.63, 3.8) is 0 Å². The Hall–Kier alpha value is -3.48. The fourth-order valence-electron chi connectivity index (χ4n) is 3.39. The van der Waals surface area contributed by atoms with E-state index in [1.54, 1.807) is 17.9 Å². The zero-order valence-electron chi connectivity index (χ0n) is 14.6. The molecule has 2 aromatic carbocycles. The first-order valence-corrected chi connectivity index (χ1v) is 8.12. The number of anilines is 1. The quantitative estimate of drug-likeness (QED) is 0.516. The van der Waals surface area contributed by atoms with Crippen molar-refractivity contribution < 1.29 is 4.74 Å². The Kier molecular flexibility index (Phi) is 3.40. The van der Waals surface area contributed by atoms with E-state index >= 15 is 0 Å². The molecule has 7 nitrogen and oxygen atoms in total. The van der Waals surface area contributed by atoms with Gasteiger partial charge in [-0.25, -0.2) is 4.68 Å². The van der Waals surface area contributed by atoms with Crippen molar-refractivity contribution in [3.8, 4) is 11.4 Å². The lowest BCUT2D eigenvalue weighted by Crippen LogP contribution is -2.10. The minimum atomic E-state index is -0.345. The summed E-state index contributed by atoms with van der Waals surface area (Å²) in [5.41, 5.74) is 9.62. The lowest BCUT2D eigenvalue weighted by Gasteiger charge is -2.13. The van der Waals surface area contributed by atoms with Gasteiger partial charge in [0.2, 0.25) is 0 Å². The largest absolute Gasteiger partial charge is 0.496 e. The van der Waals surface area contributed by atoms with Crippen molar-refractivity contribution >= 4 is 27.6 Å². The number of aryl methyl sites for hydroxylation is 2. The number of pyridine rings is 1. The number of H-pyrrole nitrogens is 2. The zero-order chi connectivity index (χ0) is 18.6. The summed E-state index contributed by atoms with van der Waals surface area (Å²) in [6.07, 6.45) is 0. The standard InChI is InChI=1S/C19H18N4O3/c1-9-6-10(2)15(26-3)8-14(9)23-18(20)16-17(22-23)12-5-4-11(24)7-13(12)21-19(16)25/h4-8,22H,20H2,1-3H3,(H,21,25). The molecule has 0 aliphatic rings. The second kappa shape index (κ2) is 5.52. The molecule has 7 heteroatoms. The van der Waals surface area contributed by atoms with Gasteiger partial charge < -0.3 is 15.5 Å². The summed E-state index contributed by atoms with van der Waals surface area (Å²) in [6, 6.07) is 8.42. The maximum atomic E-state index is 12.5. The fraction of sp³-hybridized carbons (Fsp3) is 0.158. The van der Waals surface area contributed by atoms with E-state index in [1.165, 1.54) is 12.1 Å². The molecule has 0 amide bonds. The van der Waals surface area contributed by atoms with E-state index in [-0.39, 0.29) is 11.0 Å². The van der Waals surface area contributed by atoms with Crippen molar-refractivity contribution in [3.05, 3.63) is 62.0 Å². The molecule has 0 saturated carbocycles. The van der Waals surface area contributed by atoms with E-state index in [1.807, 2.05) is 26.0 Å². The summed E-state index contributed by atoms with van der Waals surface area (Å²) in [4.78, 5) is 26.9. The average molecular weight is 350 g/mol. The second-order valence-electron chi connectivity index (χ2n) is 6.35. The molecule has 0 radical (unpaired) electrons. The van der Waals surface area contributed by atoms with E-state index in [0.29, 0.717) is 22.2 Å². The summed E-state index contributed by atoms with van der Waals surface area (Å²) >= 11 is 0.